The number of thiazole rings is 1. The van der Waals surface area contributed by atoms with Crippen LogP contribution in [0.1, 0.15) is 16.3 Å². The van der Waals surface area contributed by atoms with Crippen molar-refractivity contribution in [2.45, 2.75) is 19.9 Å². The van der Waals surface area contributed by atoms with E-state index in [1.165, 1.54) is 11.3 Å². The zero-order valence-corrected chi connectivity index (χ0v) is 9.58. The Labute approximate surface area is 96.5 Å². The summed E-state index contributed by atoms with van der Waals surface area (Å²) in [5.41, 5.74) is 0. The van der Waals surface area contributed by atoms with Crippen LogP contribution in [0.5, 0.6) is 0 Å². The number of hydrogen-bond acceptors (Lipinski definition) is 4. The van der Waals surface area contributed by atoms with Crippen molar-refractivity contribution in [1.82, 2.24) is 10.3 Å². The number of aliphatic carboxylic acids is 1. The lowest BCUT2D eigenvalue weighted by atomic mass is 10.3. The first-order chi connectivity index (χ1) is 7.58. The topological polar surface area (TPSA) is 79.3 Å². The smallest absolute Gasteiger partial charge is 0.307 e. The molecule has 6 heteroatoms. The highest BCUT2D eigenvalue weighted by Gasteiger charge is 2.48. The summed E-state index contributed by atoms with van der Waals surface area (Å²) in [6, 6.07) is 0. The highest BCUT2D eigenvalue weighted by atomic mass is 32.1. The van der Waals surface area contributed by atoms with Crippen LogP contribution in [-0.4, -0.2) is 22.0 Å². The second kappa shape index (κ2) is 4.21. The fourth-order valence-corrected chi connectivity index (χ4v) is 2.26. The second-order valence-electron chi connectivity index (χ2n) is 3.87. The van der Waals surface area contributed by atoms with Crippen molar-refractivity contribution >= 4 is 23.2 Å². The number of carbonyl (C=O) groups is 2. The predicted molar refractivity (Wildman–Crippen MR) is 57.9 cm³/mol. The van der Waals surface area contributed by atoms with Crippen LogP contribution in [0.3, 0.4) is 0 Å². The Hall–Kier alpha value is -1.43. The molecular formula is C10H12N2O3S. The Balaban J connectivity index is 1.79. The van der Waals surface area contributed by atoms with Crippen LogP contribution in [0, 0.1) is 18.8 Å². The first-order valence-electron chi connectivity index (χ1n) is 4.99. The van der Waals surface area contributed by atoms with Crippen molar-refractivity contribution in [2.24, 2.45) is 11.8 Å². The van der Waals surface area contributed by atoms with Gasteiger partial charge in [-0.25, -0.2) is 4.98 Å². The van der Waals surface area contributed by atoms with Crippen LogP contribution in [0.4, 0.5) is 0 Å². The molecule has 16 heavy (non-hydrogen) atoms. The van der Waals surface area contributed by atoms with E-state index < -0.39 is 11.9 Å². The Morgan fingerprint density at radius 1 is 1.62 bits per heavy atom. The molecule has 0 radical (unpaired) electrons. The average Bonchev–Trinajstić information content (AvgIpc) is 2.93. The minimum atomic E-state index is -0.884. The molecule has 1 saturated carbocycles. The van der Waals surface area contributed by atoms with Crippen molar-refractivity contribution in [1.29, 1.82) is 0 Å². The van der Waals surface area contributed by atoms with Crippen LogP contribution >= 0.6 is 11.3 Å². The zero-order chi connectivity index (χ0) is 11.7. The third-order valence-corrected chi connectivity index (χ3v) is 3.44. The van der Waals surface area contributed by atoms with Gasteiger partial charge in [-0.3, -0.25) is 9.59 Å². The number of nitrogens with zero attached hydrogens (tertiary/aromatic N) is 1. The maximum absolute atomic E-state index is 11.5. The quantitative estimate of drug-likeness (QED) is 0.815. The molecule has 0 bridgehead atoms. The number of hydrogen-bond donors (Lipinski definition) is 2. The summed E-state index contributed by atoms with van der Waals surface area (Å²) in [4.78, 5) is 27.3. The van der Waals surface area contributed by atoms with E-state index in [9.17, 15) is 9.59 Å². The summed E-state index contributed by atoms with van der Waals surface area (Å²) in [5.74, 6) is -1.90. The summed E-state index contributed by atoms with van der Waals surface area (Å²) in [6.07, 6.45) is 2.21. The number of aromatic nitrogens is 1. The van der Waals surface area contributed by atoms with Gasteiger partial charge in [0.1, 0.15) is 5.01 Å². The fourth-order valence-electron chi connectivity index (χ4n) is 1.53. The number of rotatable bonds is 4. The summed E-state index contributed by atoms with van der Waals surface area (Å²) < 4.78 is 0. The molecule has 5 nitrogen and oxygen atoms in total. The molecule has 0 aliphatic heterocycles. The fraction of sp³-hybridized carbons (Fsp3) is 0.500. The van der Waals surface area contributed by atoms with Gasteiger partial charge in [-0.15, -0.1) is 11.3 Å². The molecule has 1 aromatic heterocycles. The number of aryl methyl sites for hydroxylation is 1. The third kappa shape index (κ3) is 2.38. The van der Waals surface area contributed by atoms with Gasteiger partial charge in [0, 0.05) is 11.1 Å². The number of carboxylic acids is 1. The van der Waals surface area contributed by atoms with Gasteiger partial charge in [0.2, 0.25) is 5.91 Å². The predicted octanol–water partition coefficient (Wildman–Crippen LogP) is 0.788. The first kappa shape index (κ1) is 11.1. The van der Waals surface area contributed by atoms with E-state index >= 15 is 0 Å². The minimum Gasteiger partial charge on any atom is -0.481 e. The van der Waals surface area contributed by atoms with Crippen molar-refractivity contribution in [3.8, 4) is 0 Å². The lowest BCUT2D eigenvalue weighted by Crippen LogP contribution is -2.25. The van der Waals surface area contributed by atoms with Gasteiger partial charge in [-0.05, 0) is 13.3 Å². The van der Waals surface area contributed by atoms with Crippen LogP contribution in [-0.2, 0) is 16.1 Å². The molecule has 1 aliphatic rings. The standard InChI is InChI=1S/C10H12N2O3S/c1-5-3-11-8(16-5)4-12-9(13)6-2-7(6)10(14)15/h3,6-7H,2,4H2,1H3,(H,12,13)(H,14,15)/t6-,7+/m1/s1. The zero-order valence-electron chi connectivity index (χ0n) is 8.77. The molecule has 1 fully saturated rings. The molecule has 1 heterocycles. The number of nitrogens with one attached hydrogen (secondary N) is 1. The monoisotopic (exact) mass is 240 g/mol. The lowest BCUT2D eigenvalue weighted by Gasteiger charge is -2.00. The summed E-state index contributed by atoms with van der Waals surface area (Å²) in [6.45, 7) is 2.34. The average molecular weight is 240 g/mol. The molecular weight excluding hydrogens is 228 g/mol. The maximum atomic E-state index is 11.5. The van der Waals surface area contributed by atoms with E-state index in [-0.39, 0.29) is 11.8 Å². The maximum Gasteiger partial charge on any atom is 0.307 e. The van der Waals surface area contributed by atoms with Gasteiger partial charge < -0.3 is 10.4 Å². The summed E-state index contributed by atoms with van der Waals surface area (Å²) in [5, 5.41) is 12.2. The van der Waals surface area contributed by atoms with E-state index in [0.717, 1.165) is 9.88 Å². The summed E-state index contributed by atoms with van der Waals surface area (Å²) >= 11 is 1.53. The van der Waals surface area contributed by atoms with Crippen LogP contribution in [0.25, 0.3) is 0 Å². The molecule has 1 aliphatic carbocycles. The number of carboxylic acid groups (broad SMARTS) is 1. The Bertz CT molecular complexity index is 429. The van der Waals surface area contributed by atoms with Crippen molar-refractivity contribution in [3.63, 3.8) is 0 Å². The van der Waals surface area contributed by atoms with Gasteiger partial charge >= 0.3 is 5.97 Å². The third-order valence-electron chi connectivity index (χ3n) is 2.53. The Morgan fingerprint density at radius 2 is 2.38 bits per heavy atom. The van der Waals surface area contributed by atoms with E-state index in [0.29, 0.717) is 13.0 Å². The van der Waals surface area contributed by atoms with E-state index in [1.807, 2.05) is 6.92 Å². The van der Waals surface area contributed by atoms with E-state index in [4.69, 9.17) is 5.11 Å². The summed E-state index contributed by atoms with van der Waals surface area (Å²) in [7, 11) is 0. The van der Waals surface area contributed by atoms with Gasteiger partial charge in [-0.2, -0.15) is 0 Å². The van der Waals surface area contributed by atoms with E-state index in [2.05, 4.69) is 10.3 Å². The second-order valence-corrected chi connectivity index (χ2v) is 5.19. The lowest BCUT2D eigenvalue weighted by molar-refractivity contribution is -0.140. The molecule has 0 aromatic carbocycles. The number of amides is 1. The SMILES string of the molecule is Cc1cnc(CNC(=O)[C@@H]2C[C@@H]2C(=O)O)s1. The number of carbonyl (C=O) groups excluding carboxylic acids is 1. The Kier molecular flexibility index (Phi) is 2.91. The van der Waals surface area contributed by atoms with Gasteiger partial charge in [0.15, 0.2) is 0 Å². The molecule has 2 N–H and O–H groups in total. The van der Waals surface area contributed by atoms with Crippen molar-refractivity contribution in [2.75, 3.05) is 0 Å². The van der Waals surface area contributed by atoms with Gasteiger partial charge in [0.25, 0.3) is 0 Å². The molecule has 0 saturated heterocycles. The van der Waals surface area contributed by atoms with Gasteiger partial charge in [0.05, 0.1) is 18.4 Å². The van der Waals surface area contributed by atoms with Crippen LogP contribution in [0.15, 0.2) is 6.20 Å². The molecule has 1 amide bonds. The highest BCUT2D eigenvalue weighted by Crippen LogP contribution is 2.38. The normalized spacial score (nSPS) is 22.8. The van der Waals surface area contributed by atoms with Crippen molar-refractivity contribution < 1.29 is 14.7 Å². The highest BCUT2D eigenvalue weighted by molar-refractivity contribution is 7.11. The van der Waals surface area contributed by atoms with Gasteiger partial charge in [-0.1, -0.05) is 0 Å². The molecule has 2 rings (SSSR count). The molecule has 0 spiro atoms. The molecule has 2 atom stereocenters. The van der Waals surface area contributed by atoms with Crippen LogP contribution in [0.2, 0.25) is 0 Å². The Morgan fingerprint density at radius 3 is 2.88 bits per heavy atom. The molecule has 1 aromatic rings. The van der Waals surface area contributed by atoms with E-state index in [1.54, 1.807) is 6.20 Å². The van der Waals surface area contributed by atoms with Crippen molar-refractivity contribution in [3.05, 3.63) is 16.1 Å². The first-order valence-corrected chi connectivity index (χ1v) is 5.81. The molecule has 0 unspecified atom stereocenters. The largest absolute Gasteiger partial charge is 0.481 e. The molecule has 86 valence electrons. The van der Waals surface area contributed by atoms with Crippen LogP contribution < -0.4 is 5.32 Å². The minimum absolute atomic E-state index is 0.180.